The van der Waals surface area contributed by atoms with Crippen molar-refractivity contribution in [3.63, 3.8) is 0 Å². The molecule has 1 saturated heterocycles. The summed E-state index contributed by atoms with van der Waals surface area (Å²) in [6.45, 7) is 4.61. The van der Waals surface area contributed by atoms with Crippen LogP contribution in [0.4, 0.5) is 0 Å². The summed E-state index contributed by atoms with van der Waals surface area (Å²) in [7, 11) is 0. The Kier molecular flexibility index (Phi) is 4.43. The zero-order chi connectivity index (χ0) is 12.3. The van der Waals surface area contributed by atoms with Crippen molar-refractivity contribution >= 4 is 5.97 Å². The number of carboxylic acid groups (broad SMARTS) is 1. The van der Waals surface area contributed by atoms with Crippen molar-refractivity contribution in [2.75, 3.05) is 13.1 Å². The fourth-order valence-electron chi connectivity index (χ4n) is 3.50. The van der Waals surface area contributed by atoms with Crippen LogP contribution in [0.3, 0.4) is 0 Å². The van der Waals surface area contributed by atoms with Crippen molar-refractivity contribution in [1.82, 2.24) is 4.90 Å². The van der Waals surface area contributed by atoms with E-state index in [1.54, 1.807) is 0 Å². The van der Waals surface area contributed by atoms with E-state index in [0.717, 1.165) is 37.9 Å². The molecule has 0 bridgehead atoms. The van der Waals surface area contributed by atoms with Gasteiger partial charge in [0.25, 0.3) is 0 Å². The zero-order valence-corrected chi connectivity index (χ0v) is 10.9. The van der Waals surface area contributed by atoms with Crippen molar-refractivity contribution in [2.24, 2.45) is 11.8 Å². The van der Waals surface area contributed by atoms with Crippen molar-refractivity contribution in [3.05, 3.63) is 0 Å². The first-order chi connectivity index (χ1) is 8.15. The molecule has 1 aliphatic carbocycles. The summed E-state index contributed by atoms with van der Waals surface area (Å²) in [4.78, 5) is 13.3. The predicted molar refractivity (Wildman–Crippen MR) is 68.0 cm³/mol. The highest BCUT2D eigenvalue weighted by Gasteiger charge is 2.28. The first-order valence-electron chi connectivity index (χ1n) is 7.11. The van der Waals surface area contributed by atoms with Gasteiger partial charge in [-0.25, -0.2) is 0 Å². The zero-order valence-electron chi connectivity index (χ0n) is 10.9. The molecule has 2 aliphatic rings. The highest BCUT2D eigenvalue weighted by Crippen LogP contribution is 2.30. The summed E-state index contributed by atoms with van der Waals surface area (Å²) in [6.07, 6.45) is 8.01. The molecule has 1 saturated carbocycles. The lowest BCUT2D eigenvalue weighted by Gasteiger charge is -2.40. The Morgan fingerprint density at radius 2 is 1.94 bits per heavy atom. The van der Waals surface area contributed by atoms with E-state index in [-0.39, 0.29) is 0 Å². The van der Waals surface area contributed by atoms with Gasteiger partial charge < -0.3 is 10.0 Å². The minimum Gasteiger partial charge on any atom is -0.481 e. The summed E-state index contributed by atoms with van der Waals surface area (Å²) in [5.41, 5.74) is 0. The van der Waals surface area contributed by atoms with Crippen LogP contribution in [0.15, 0.2) is 0 Å². The number of aliphatic carboxylic acids is 1. The predicted octanol–water partition coefficient (Wildman–Crippen LogP) is 2.75. The largest absolute Gasteiger partial charge is 0.481 e. The standard InChI is InChI=1S/C14H25NO2/c1-11-3-2-4-13(9-11)15-7-5-12(6-8-15)10-14(16)17/h11-13H,2-10H2,1H3,(H,16,17)/t11-,13-/m1/s1. The van der Waals surface area contributed by atoms with Gasteiger partial charge in [0.2, 0.25) is 0 Å². The van der Waals surface area contributed by atoms with E-state index >= 15 is 0 Å². The number of hydrogen-bond acceptors (Lipinski definition) is 2. The average Bonchev–Trinajstić information content (AvgIpc) is 2.29. The van der Waals surface area contributed by atoms with Crippen LogP contribution in [-0.2, 0) is 4.79 Å². The van der Waals surface area contributed by atoms with Gasteiger partial charge in [-0.15, -0.1) is 0 Å². The van der Waals surface area contributed by atoms with Gasteiger partial charge in [-0.3, -0.25) is 4.79 Å². The van der Waals surface area contributed by atoms with Gasteiger partial charge in [0.15, 0.2) is 0 Å². The van der Waals surface area contributed by atoms with E-state index < -0.39 is 5.97 Å². The van der Waals surface area contributed by atoms with Gasteiger partial charge in [0.05, 0.1) is 0 Å². The van der Waals surface area contributed by atoms with Crippen molar-refractivity contribution < 1.29 is 9.90 Å². The van der Waals surface area contributed by atoms with E-state index in [4.69, 9.17) is 5.11 Å². The van der Waals surface area contributed by atoms with Gasteiger partial charge in [-0.2, -0.15) is 0 Å². The van der Waals surface area contributed by atoms with Crippen LogP contribution in [0.2, 0.25) is 0 Å². The third-order valence-corrected chi connectivity index (χ3v) is 4.54. The van der Waals surface area contributed by atoms with Gasteiger partial charge in [-0.05, 0) is 50.6 Å². The number of likely N-dealkylation sites (tertiary alicyclic amines) is 1. The minimum atomic E-state index is -0.630. The lowest BCUT2D eigenvalue weighted by Crippen LogP contribution is -2.43. The van der Waals surface area contributed by atoms with Crippen LogP contribution in [0.1, 0.15) is 51.9 Å². The van der Waals surface area contributed by atoms with Crippen LogP contribution in [0.25, 0.3) is 0 Å². The molecule has 0 spiro atoms. The van der Waals surface area contributed by atoms with Crippen LogP contribution >= 0.6 is 0 Å². The summed E-state index contributed by atoms with van der Waals surface area (Å²) in [5, 5.41) is 8.80. The number of hydrogen-bond donors (Lipinski definition) is 1. The Morgan fingerprint density at radius 1 is 1.24 bits per heavy atom. The molecule has 0 amide bonds. The van der Waals surface area contributed by atoms with Crippen molar-refractivity contribution in [3.8, 4) is 0 Å². The molecule has 2 rings (SSSR count). The molecule has 1 heterocycles. The first-order valence-corrected chi connectivity index (χ1v) is 7.11. The smallest absolute Gasteiger partial charge is 0.303 e. The average molecular weight is 239 g/mol. The van der Waals surface area contributed by atoms with Crippen molar-refractivity contribution in [1.29, 1.82) is 0 Å². The van der Waals surface area contributed by atoms with Gasteiger partial charge in [0.1, 0.15) is 0 Å². The molecule has 0 aromatic rings. The quantitative estimate of drug-likeness (QED) is 0.823. The molecular weight excluding hydrogens is 214 g/mol. The van der Waals surface area contributed by atoms with Gasteiger partial charge in [0, 0.05) is 12.5 Å². The van der Waals surface area contributed by atoms with Crippen LogP contribution in [0.5, 0.6) is 0 Å². The maximum absolute atomic E-state index is 10.7. The lowest BCUT2D eigenvalue weighted by molar-refractivity contribution is -0.138. The van der Waals surface area contributed by atoms with E-state index in [9.17, 15) is 4.79 Å². The molecule has 98 valence electrons. The summed E-state index contributed by atoms with van der Waals surface area (Å²) in [5.74, 6) is 0.671. The normalized spacial score (nSPS) is 32.5. The second-order valence-corrected chi connectivity index (χ2v) is 6.00. The third-order valence-electron chi connectivity index (χ3n) is 4.54. The minimum absolute atomic E-state index is 0.370. The number of piperidine rings is 1. The van der Waals surface area contributed by atoms with E-state index in [1.807, 2.05) is 0 Å². The maximum Gasteiger partial charge on any atom is 0.303 e. The van der Waals surface area contributed by atoms with Crippen LogP contribution in [-0.4, -0.2) is 35.1 Å². The van der Waals surface area contributed by atoms with E-state index in [2.05, 4.69) is 11.8 Å². The Hall–Kier alpha value is -0.570. The third kappa shape index (κ3) is 3.70. The topological polar surface area (TPSA) is 40.5 Å². The Balaban J connectivity index is 1.76. The summed E-state index contributed by atoms with van der Waals surface area (Å²) >= 11 is 0. The Morgan fingerprint density at radius 3 is 2.53 bits per heavy atom. The highest BCUT2D eigenvalue weighted by atomic mass is 16.4. The molecule has 3 nitrogen and oxygen atoms in total. The monoisotopic (exact) mass is 239 g/mol. The molecule has 1 aliphatic heterocycles. The second-order valence-electron chi connectivity index (χ2n) is 6.00. The number of nitrogens with zero attached hydrogens (tertiary/aromatic N) is 1. The summed E-state index contributed by atoms with van der Waals surface area (Å²) < 4.78 is 0. The number of carbonyl (C=O) groups is 1. The fraction of sp³-hybridized carbons (Fsp3) is 0.929. The van der Waals surface area contributed by atoms with Gasteiger partial charge >= 0.3 is 5.97 Å². The molecular formula is C14H25NO2. The molecule has 1 N–H and O–H groups in total. The van der Waals surface area contributed by atoms with Gasteiger partial charge in [-0.1, -0.05) is 19.8 Å². The molecule has 0 aromatic heterocycles. The molecule has 17 heavy (non-hydrogen) atoms. The SMILES string of the molecule is C[C@@H]1CCC[C@@H](N2CCC(CC(=O)O)CC2)C1. The molecule has 0 radical (unpaired) electrons. The lowest BCUT2D eigenvalue weighted by atomic mass is 9.84. The Bertz CT molecular complexity index is 259. The highest BCUT2D eigenvalue weighted by molar-refractivity contribution is 5.67. The van der Waals surface area contributed by atoms with E-state index in [0.29, 0.717) is 12.3 Å². The number of rotatable bonds is 3. The van der Waals surface area contributed by atoms with Crippen molar-refractivity contribution in [2.45, 2.75) is 57.9 Å². The fourth-order valence-corrected chi connectivity index (χ4v) is 3.50. The molecule has 3 heteroatoms. The second kappa shape index (κ2) is 5.85. The molecule has 2 fully saturated rings. The number of carboxylic acids is 1. The van der Waals surface area contributed by atoms with Crippen LogP contribution < -0.4 is 0 Å². The molecule has 2 atom stereocenters. The van der Waals surface area contributed by atoms with E-state index in [1.165, 1.54) is 25.7 Å². The Labute approximate surface area is 104 Å². The summed E-state index contributed by atoms with van der Waals surface area (Å²) in [6, 6.07) is 0.782. The first kappa shape index (κ1) is 12.9. The maximum atomic E-state index is 10.7. The molecule has 0 unspecified atom stereocenters. The molecule has 0 aromatic carbocycles. The van der Waals surface area contributed by atoms with Crippen LogP contribution in [0, 0.1) is 11.8 Å².